The van der Waals surface area contributed by atoms with Crippen LogP contribution in [0.15, 0.2) is 47.5 Å². The molecule has 3 aliphatic rings. The molecule has 0 bridgehead atoms. The molecule has 42 heavy (non-hydrogen) atoms. The molecular formula is C31H33N3O8. The second-order valence-electron chi connectivity index (χ2n) is 11.4. The molecule has 0 aliphatic heterocycles. The fourth-order valence-electron chi connectivity index (χ4n) is 6.88. The topological polar surface area (TPSA) is 191 Å². The number of fused-ring (bicyclic) bond motifs is 3. The van der Waals surface area contributed by atoms with Crippen LogP contribution in [-0.2, 0) is 33.6 Å². The highest BCUT2D eigenvalue weighted by Crippen LogP contribution is 2.53. The van der Waals surface area contributed by atoms with Crippen molar-refractivity contribution in [3.63, 3.8) is 0 Å². The lowest BCUT2D eigenvalue weighted by Gasteiger charge is -2.50. The van der Waals surface area contributed by atoms with E-state index >= 15 is 0 Å². The van der Waals surface area contributed by atoms with Gasteiger partial charge in [0.05, 0.1) is 11.6 Å². The van der Waals surface area contributed by atoms with E-state index in [0.717, 1.165) is 5.56 Å². The van der Waals surface area contributed by atoms with E-state index in [-0.39, 0.29) is 48.4 Å². The molecule has 1 aromatic heterocycles. The van der Waals surface area contributed by atoms with Crippen LogP contribution < -0.4 is 5.73 Å². The Labute approximate surface area is 242 Å². The molecule has 11 heteroatoms. The average Bonchev–Trinajstić information content (AvgIpc) is 2.94. The Balaban J connectivity index is 1.62. The lowest BCUT2D eigenvalue weighted by Crippen LogP contribution is -2.65. The number of primary amides is 1. The number of pyridine rings is 1. The van der Waals surface area contributed by atoms with E-state index in [0.29, 0.717) is 23.1 Å². The number of ketones is 3. The summed E-state index contributed by atoms with van der Waals surface area (Å²) in [5.41, 5.74) is 3.93. The van der Waals surface area contributed by atoms with E-state index in [1.165, 1.54) is 11.1 Å². The number of nitrogens with two attached hydrogens (primary N) is 1. The summed E-state index contributed by atoms with van der Waals surface area (Å²) in [6.45, 7) is 1.91. The largest absolute Gasteiger partial charge is 0.508 e. The van der Waals surface area contributed by atoms with Crippen LogP contribution in [-0.4, -0.2) is 79.3 Å². The Kier molecular flexibility index (Phi) is 7.28. The Hall–Kier alpha value is -4.35. The van der Waals surface area contributed by atoms with E-state index in [1.54, 1.807) is 38.5 Å². The third-order valence-corrected chi connectivity index (χ3v) is 8.88. The Morgan fingerprint density at radius 3 is 2.48 bits per heavy atom. The summed E-state index contributed by atoms with van der Waals surface area (Å²) < 4.78 is 0. The van der Waals surface area contributed by atoms with Crippen molar-refractivity contribution in [1.29, 1.82) is 0 Å². The quantitative estimate of drug-likeness (QED) is 0.240. The van der Waals surface area contributed by atoms with Crippen molar-refractivity contribution in [2.45, 2.75) is 50.7 Å². The molecule has 1 fully saturated rings. The van der Waals surface area contributed by atoms with Crippen molar-refractivity contribution >= 4 is 29.0 Å². The maximum Gasteiger partial charge on any atom is 0.255 e. The molecule has 4 atom stereocenters. The molecule has 5 rings (SSSR count). The highest BCUT2D eigenvalue weighted by atomic mass is 16.3. The third kappa shape index (κ3) is 4.23. The van der Waals surface area contributed by atoms with Crippen molar-refractivity contribution < 1.29 is 39.6 Å². The van der Waals surface area contributed by atoms with Gasteiger partial charge in [-0.05, 0) is 74.5 Å². The van der Waals surface area contributed by atoms with E-state index < -0.39 is 58.0 Å². The fourth-order valence-corrected chi connectivity index (χ4v) is 6.88. The summed E-state index contributed by atoms with van der Waals surface area (Å²) in [6, 6.07) is 3.96. The number of carbonyl (C=O) groups is 4. The zero-order valence-corrected chi connectivity index (χ0v) is 23.5. The Morgan fingerprint density at radius 1 is 1.17 bits per heavy atom. The number of hydrogen-bond donors (Lipinski definition) is 5. The highest BCUT2D eigenvalue weighted by molar-refractivity contribution is 6.24. The molecule has 6 N–H and O–H groups in total. The summed E-state index contributed by atoms with van der Waals surface area (Å²) in [5.74, 6) is -7.04. The number of carbonyl (C=O) groups excluding carboxylic acids is 4. The molecule has 3 aliphatic carbocycles. The lowest BCUT2D eigenvalue weighted by atomic mass is 9.57. The van der Waals surface area contributed by atoms with Crippen LogP contribution in [0.3, 0.4) is 0 Å². The number of phenolic OH excluding ortho intramolecular Hbond substituents is 1. The second kappa shape index (κ2) is 10.5. The lowest BCUT2D eigenvalue weighted by molar-refractivity contribution is -0.153. The molecule has 11 nitrogen and oxygen atoms in total. The SMILES string of the molecule is CCc1cc(CCC(=O)c2cccnc2)c(O)c2c1C[C@@H]1C[C@@H]3[C@@H](N(C)C)C(=O)C(C(N)=O)=C(O)[C@@]3(O)C(=O)C1=C2O. The van der Waals surface area contributed by atoms with Crippen LogP contribution in [0.2, 0.25) is 0 Å². The van der Waals surface area contributed by atoms with Gasteiger partial charge < -0.3 is 26.2 Å². The van der Waals surface area contributed by atoms with Gasteiger partial charge in [-0.1, -0.05) is 13.0 Å². The van der Waals surface area contributed by atoms with Gasteiger partial charge in [-0.25, -0.2) is 0 Å². The zero-order valence-electron chi connectivity index (χ0n) is 23.5. The maximum atomic E-state index is 14.0. The minimum Gasteiger partial charge on any atom is -0.508 e. The molecule has 2 aromatic rings. The van der Waals surface area contributed by atoms with Crippen molar-refractivity contribution in [1.82, 2.24) is 9.88 Å². The Bertz CT molecular complexity index is 1590. The number of aliphatic hydroxyl groups is 3. The third-order valence-electron chi connectivity index (χ3n) is 8.88. The normalized spacial score (nSPS) is 25.3. The van der Waals surface area contributed by atoms with E-state index in [2.05, 4.69) is 4.98 Å². The summed E-state index contributed by atoms with van der Waals surface area (Å²) in [5, 5.41) is 45.6. The first-order chi connectivity index (χ1) is 19.8. The number of aromatic hydroxyl groups is 1. The number of amides is 1. The molecule has 220 valence electrons. The van der Waals surface area contributed by atoms with Gasteiger partial charge in [0.2, 0.25) is 5.78 Å². The molecule has 1 aromatic carbocycles. The van der Waals surface area contributed by atoms with Crippen LogP contribution in [0.1, 0.15) is 52.4 Å². The van der Waals surface area contributed by atoms with Gasteiger partial charge in [-0.15, -0.1) is 0 Å². The number of aryl methyl sites for hydroxylation is 2. The van der Waals surface area contributed by atoms with E-state index in [1.807, 2.05) is 6.92 Å². The number of hydrogen-bond acceptors (Lipinski definition) is 10. The van der Waals surface area contributed by atoms with Gasteiger partial charge in [-0.2, -0.15) is 0 Å². The van der Waals surface area contributed by atoms with Crippen LogP contribution in [0.4, 0.5) is 0 Å². The van der Waals surface area contributed by atoms with Gasteiger partial charge >= 0.3 is 0 Å². The van der Waals surface area contributed by atoms with Crippen molar-refractivity contribution in [3.8, 4) is 5.75 Å². The maximum absolute atomic E-state index is 14.0. The summed E-state index contributed by atoms with van der Waals surface area (Å²) in [4.78, 5) is 57.5. The first-order valence-corrected chi connectivity index (χ1v) is 13.8. The van der Waals surface area contributed by atoms with Crippen LogP contribution in [0, 0.1) is 11.8 Å². The number of aliphatic hydroxyl groups excluding tert-OH is 2. The van der Waals surface area contributed by atoms with Crippen LogP contribution >= 0.6 is 0 Å². The number of rotatable bonds is 7. The molecule has 0 spiro atoms. The monoisotopic (exact) mass is 575 g/mol. The molecule has 0 radical (unpaired) electrons. The summed E-state index contributed by atoms with van der Waals surface area (Å²) in [7, 11) is 3.11. The second-order valence-corrected chi connectivity index (χ2v) is 11.4. The van der Waals surface area contributed by atoms with Crippen LogP contribution in [0.25, 0.3) is 5.76 Å². The standard InChI is InChI=1S/C31H33N3O8/c1-4-14-10-15(7-8-20(35)16-6-5-9-33-13-16)25(36)22-18(14)11-17-12-19-24(34(2)3)27(38)23(30(32)41)29(40)31(19,42)28(39)21(17)26(22)37/h5-6,9-10,13,17,19,24,36-37,40,42H,4,7-8,11-12H2,1-3H3,(H2,32,41)/t17-,19-,24-,31+/m1/s1. The van der Waals surface area contributed by atoms with Gasteiger partial charge in [0.1, 0.15) is 22.8 Å². The number of likely N-dealkylation sites (N-methyl/N-ethyl adjacent to an activating group) is 1. The number of nitrogens with zero attached hydrogens (tertiary/aromatic N) is 2. The van der Waals surface area contributed by atoms with Gasteiger partial charge in [0.15, 0.2) is 17.2 Å². The first kappa shape index (κ1) is 29.2. The minimum absolute atomic E-state index is 0.0248. The van der Waals surface area contributed by atoms with Crippen molar-refractivity contribution in [2.24, 2.45) is 17.6 Å². The number of Topliss-reactive ketones (excluding diaryl/α,β-unsaturated/α-hetero) is 3. The number of benzene rings is 1. The highest BCUT2D eigenvalue weighted by Gasteiger charge is 2.64. The van der Waals surface area contributed by atoms with Crippen LogP contribution in [0.5, 0.6) is 5.75 Å². The zero-order chi connectivity index (χ0) is 30.7. The molecule has 1 amide bonds. The van der Waals surface area contributed by atoms with Gasteiger partial charge in [0, 0.05) is 35.9 Å². The molecular weight excluding hydrogens is 542 g/mol. The molecule has 1 saturated carbocycles. The van der Waals surface area contributed by atoms with Crippen molar-refractivity contribution in [2.75, 3.05) is 14.1 Å². The molecule has 1 heterocycles. The smallest absolute Gasteiger partial charge is 0.255 e. The number of phenols is 1. The summed E-state index contributed by atoms with van der Waals surface area (Å²) in [6.07, 6.45) is 4.03. The number of aromatic nitrogens is 1. The predicted molar refractivity (Wildman–Crippen MR) is 151 cm³/mol. The van der Waals surface area contributed by atoms with Gasteiger partial charge in [-0.3, -0.25) is 29.1 Å². The molecule has 0 saturated heterocycles. The average molecular weight is 576 g/mol. The van der Waals surface area contributed by atoms with Crippen molar-refractivity contribution in [3.05, 3.63) is 75.3 Å². The van der Waals surface area contributed by atoms with Gasteiger partial charge in [0.25, 0.3) is 5.91 Å². The van der Waals surface area contributed by atoms with E-state index in [9.17, 15) is 39.6 Å². The Morgan fingerprint density at radius 2 is 1.88 bits per heavy atom. The fraction of sp³-hybridized carbons (Fsp3) is 0.387. The molecule has 0 unspecified atom stereocenters. The first-order valence-electron chi connectivity index (χ1n) is 13.8. The predicted octanol–water partition coefficient (Wildman–Crippen LogP) is 1.74. The minimum atomic E-state index is -2.69. The van der Waals surface area contributed by atoms with E-state index in [4.69, 9.17) is 5.73 Å². The summed E-state index contributed by atoms with van der Waals surface area (Å²) >= 11 is 0.